The van der Waals surface area contributed by atoms with Crippen LogP contribution in [0.15, 0.2) is 29.3 Å². The molecule has 2 atom stereocenters. The maximum absolute atomic E-state index is 12.4. The minimum atomic E-state index is -1.12. The van der Waals surface area contributed by atoms with Gasteiger partial charge >= 0.3 is 0 Å². The summed E-state index contributed by atoms with van der Waals surface area (Å²) >= 11 is 0. The number of carbonyl (C=O) groups excluding carboxylic acids is 2. The predicted octanol–water partition coefficient (Wildman–Crippen LogP) is -0.132. The number of rotatable bonds is 7. The fourth-order valence-corrected chi connectivity index (χ4v) is 2.02. The first kappa shape index (κ1) is 22.9. The summed E-state index contributed by atoms with van der Waals surface area (Å²) < 4.78 is 0. The van der Waals surface area contributed by atoms with Crippen molar-refractivity contribution in [2.24, 2.45) is 4.99 Å². The van der Waals surface area contributed by atoms with Crippen LogP contribution in [-0.4, -0.2) is 58.2 Å². The first-order chi connectivity index (χ1) is 13.2. The lowest BCUT2D eigenvalue weighted by atomic mass is 9.94. The third kappa shape index (κ3) is 6.86. The molecule has 8 nitrogen and oxygen atoms in total. The number of nitrogens with one attached hydrogen (secondary N) is 2. The van der Waals surface area contributed by atoms with Crippen LogP contribution < -0.4 is 10.8 Å². The molecule has 0 fully saturated rings. The van der Waals surface area contributed by atoms with Gasteiger partial charge in [-0.1, -0.05) is 11.8 Å². The van der Waals surface area contributed by atoms with E-state index in [1.807, 2.05) is 0 Å². The predicted molar refractivity (Wildman–Crippen MR) is 104 cm³/mol. The van der Waals surface area contributed by atoms with Crippen molar-refractivity contribution in [1.82, 2.24) is 10.8 Å². The maximum atomic E-state index is 12.4. The highest BCUT2D eigenvalue weighted by Crippen LogP contribution is 2.15. The second-order valence-corrected chi connectivity index (χ2v) is 6.36. The Morgan fingerprint density at radius 1 is 1.25 bits per heavy atom. The number of benzene rings is 1. The van der Waals surface area contributed by atoms with Gasteiger partial charge in [-0.2, -0.15) is 0 Å². The minimum Gasteiger partial charge on any atom is -0.394 e. The van der Waals surface area contributed by atoms with Crippen LogP contribution in [0.5, 0.6) is 0 Å². The van der Waals surface area contributed by atoms with Crippen LogP contribution >= 0.6 is 0 Å². The summed E-state index contributed by atoms with van der Waals surface area (Å²) in [6, 6.07) is 5.18. The highest BCUT2D eigenvalue weighted by molar-refractivity contribution is 5.98. The fourth-order valence-electron chi connectivity index (χ4n) is 2.02. The SMILES string of the molecule is C=NC(C)(C)[C@H](NC(=O)c1ccc(C#CC#CC[C@@H](O)CO)cc1)C(=O)NO. The summed E-state index contributed by atoms with van der Waals surface area (Å²) in [5.41, 5.74) is 1.39. The largest absolute Gasteiger partial charge is 0.394 e. The van der Waals surface area contributed by atoms with Gasteiger partial charge in [-0.15, -0.1) is 0 Å². The molecular formula is C20H23N3O5. The Bertz CT molecular complexity index is 825. The first-order valence-electron chi connectivity index (χ1n) is 8.35. The normalized spacial score (nSPS) is 12.3. The Balaban J connectivity index is 2.83. The molecule has 0 saturated carbocycles. The standard InChI is InChI=1S/C20H23N3O5/c1-20(2,21-3)17(19(27)23-28)22-18(26)15-11-9-14(10-12-15)7-5-4-6-8-16(25)13-24/h9-12,16-17,24-25,28H,3,8,13H2,1-2H3,(H,22,26)(H,23,27)/t16-,17-/m1/s1. The van der Waals surface area contributed by atoms with Crippen molar-refractivity contribution in [3.63, 3.8) is 0 Å². The number of aliphatic hydroxyl groups is 2. The van der Waals surface area contributed by atoms with Crippen LogP contribution in [-0.2, 0) is 4.79 Å². The molecule has 0 bridgehead atoms. The minimum absolute atomic E-state index is 0.128. The lowest BCUT2D eigenvalue weighted by Gasteiger charge is -2.29. The molecule has 2 amide bonds. The highest BCUT2D eigenvalue weighted by Gasteiger charge is 2.35. The zero-order valence-corrected chi connectivity index (χ0v) is 15.7. The second kappa shape index (κ2) is 10.9. The van der Waals surface area contributed by atoms with Crippen molar-refractivity contribution < 1.29 is 25.0 Å². The number of carbonyl (C=O) groups is 2. The summed E-state index contributed by atoms with van der Waals surface area (Å²) in [5, 5.41) is 29.2. The van der Waals surface area contributed by atoms with Gasteiger partial charge in [0.2, 0.25) is 0 Å². The van der Waals surface area contributed by atoms with Gasteiger partial charge in [0.25, 0.3) is 11.8 Å². The molecular weight excluding hydrogens is 362 g/mol. The van der Waals surface area contributed by atoms with E-state index in [1.165, 1.54) is 17.6 Å². The van der Waals surface area contributed by atoms with E-state index in [1.54, 1.807) is 26.0 Å². The number of nitrogens with zero attached hydrogens (tertiary/aromatic N) is 1. The van der Waals surface area contributed by atoms with E-state index in [2.05, 4.69) is 40.7 Å². The van der Waals surface area contributed by atoms with Crippen molar-refractivity contribution in [2.45, 2.75) is 38.0 Å². The van der Waals surface area contributed by atoms with E-state index in [0.717, 1.165) is 0 Å². The van der Waals surface area contributed by atoms with Gasteiger partial charge < -0.3 is 15.5 Å². The van der Waals surface area contributed by atoms with Gasteiger partial charge in [-0.05, 0) is 56.7 Å². The summed E-state index contributed by atoms with van der Waals surface area (Å²) in [5.74, 6) is 9.24. The zero-order valence-electron chi connectivity index (χ0n) is 15.7. The molecule has 0 aromatic heterocycles. The van der Waals surface area contributed by atoms with Crippen molar-refractivity contribution in [1.29, 1.82) is 0 Å². The Hall–Kier alpha value is -3.17. The summed E-state index contributed by atoms with van der Waals surface area (Å²) in [7, 11) is 0. The average Bonchev–Trinajstić information content (AvgIpc) is 2.71. The molecule has 28 heavy (non-hydrogen) atoms. The van der Waals surface area contributed by atoms with E-state index in [-0.39, 0.29) is 13.0 Å². The van der Waals surface area contributed by atoms with E-state index < -0.39 is 29.5 Å². The van der Waals surface area contributed by atoms with Crippen LogP contribution in [0, 0.1) is 23.7 Å². The van der Waals surface area contributed by atoms with Crippen molar-refractivity contribution in [2.75, 3.05) is 6.61 Å². The van der Waals surface area contributed by atoms with Crippen LogP contribution in [0.25, 0.3) is 0 Å². The molecule has 5 N–H and O–H groups in total. The number of amides is 2. The molecule has 0 saturated heterocycles. The number of hydrogen-bond donors (Lipinski definition) is 5. The number of aliphatic hydroxyl groups excluding tert-OH is 2. The Morgan fingerprint density at radius 2 is 1.89 bits per heavy atom. The van der Waals surface area contributed by atoms with E-state index in [9.17, 15) is 9.59 Å². The monoisotopic (exact) mass is 385 g/mol. The van der Waals surface area contributed by atoms with Crippen LogP contribution in [0.3, 0.4) is 0 Å². The van der Waals surface area contributed by atoms with Gasteiger partial charge in [0.1, 0.15) is 6.04 Å². The molecule has 8 heteroatoms. The fraction of sp³-hybridized carbons (Fsp3) is 0.350. The molecule has 148 valence electrons. The Kier molecular flexibility index (Phi) is 8.86. The molecule has 0 radical (unpaired) electrons. The van der Waals surface area contributed by atoms with Crippen LogP contribution in [0.4, 0.5) is 0 Å². The molecule has 0 heterocycles. The third-order valence-electron chi connectivity index (χ3n) is 3.82. The molecule has 0 aliphatic heterocycles. The van der Waals surface area contributed by atoms with Crippen molar-refractivity contribution in [3.8, 4) is 23.7 Å². The van der Waals surface area contributed by atoms with Gasteiger partial charge in [0.15, 0.2) is 0 Å². The van der Waals surface area contributed by atoms with Crippen molar-refractivity contribution >= 4 is 18.5 Å². The Morgan fingerprint density at radius 3 is 2.43 bits per heavy atom. The molecule has 0 aliphatic rings. The lowest BCUT2D eigenvalue weighted by molar-refractivity contribution is -0.132. The van der Waals surface area contributed by atoms with Gasteiger partial charge in [0.05, 0.1) is 18.2 Å². The maximum Gasteiger partial charge on any atom is 0.268 e. The van der Waals surface area contributed by atoms with Gasteiger partial charge in [0, 0.05) is 17.5 Å². The molecule has 0 spiro atoms. The van der Waals surface area contributed by atoms with Gasteiger partial charge in [-0.25, -0.2) is 5.48 Å². The van der Waals surface area contributed by atoms with Crippen molar-refractivity contribution in [3.05, 3.63) is 35.4 Å². The summed E-state index contributed by atoms with van der Waals surface area (Å²) in [6.45, 7) is 6.24. The summed E-state index contributed by atoms with van der Waals surface area (Å²) in [6.07, 6.45) is -0.756. The van der Waals surface area contributed by atoms with Crippen LogP contribution in [0.2, 0.25) is 0 Å². The third-order valence-corrected chi connectivity index (χ3v) is 3.82. The molecule has 1 aromatic carbocycles. The van der Waals surface area contributed by atoms with Gasteiger partial charge in [-0.3, -0.25) is 19.8 Å². The van der Waals surface area contributed by atoms with E-state index >= 15 is 0 Å². The summed E-state index contributed by atoms with van der Waals surface area (Å²) in [4.78, 5) is 28.1. The molecule has 1 rings (SSSR count). The first-order valence-corrected chi connectivity index (χ1v) is 8.35. The molecule has 1 aromatic rings. The lowest BCUT2D eigenvalue weighted by Crippen LogP contribution is -2.56. The number of hydrogen-bond acceptors (Lipinski definition) is 6. The zero-order chi connectivity index (χ0) is 21.2. The smallest absolute Gasteiger partial charge is 0.268 e. The van der Waals surface area contributed by atoms with E-state index in [4.69, 9.17) is 15.4 Å². The Labute approximate surface area is 163 Å². The second-order valence-electron chi connectivity index (χ2n) is 6.36. The van der Waals surface area contributed by atoms with Crippen LogP contribution in [0.1, 0.15) is 36.2 Å². The topological polar surface area (TPSA) is 131 Å². The molecule has 0 aliphatic carbocycles. The molecule has 0 unspecified atom stereocenters. The number of aliphatic imine (C=N–C) groups is 1. The number of hydroxylamine groups is 1. The average molecular weight is 385 g/mol. The quantitative estimate of drug-likeness (QED) is 0.193. The highest BCUT2D eigenvalue weighted by atomic mass is 16.5. The van der Waals surface area contributed by atoms with E-state index in [0.29, 0.717) is 11.1 Å².